The highest BCUT2D eigenvalue weighted by molar-refractivity contribution is 5.82. The van der Waals surface area contributed by atoms with Crippen molar-refractivity contribution in [3.05, 3.63) is 35.9 Å². The summed E-state index contributed by atoms with van der Waals surface area (Å²) in [6.07, 6.45) is 0.714. The lowest BCUT2D eigenvalue weighted by Gasteiger charge is -2.23. The number of nitrogens with one attached hydrogen (secondary N) is 1. The molecule has 0 bridgehead atoms. The minimum absolute atomic E-state index is 0.0472. The Balaban J connectivity index is 1.94. The van der Waals surface area contributed by atoms with Gasteiger partial charge in [-0.15, -0.1) is 0 Å². The van der Waals surface area contributed by atoms with Gasteiger partial charge in [-0.3, -0.25) is 9.69 Å². The molecule has 1 aromatic rings. The molecule has 2 rings (SSSR count). The van der Waals surface area contributed by atoms with Crippen LogP contribution in [0.4, 0.5) is 0 Å². The maximum Gasteiger partial charge on any atom is 0.237 e. The molecule has 1 aliphatic rings. The lowest BCUT2D eigenvalue weighted by Crippen LogP contribution is -2.43. The Bertz CT molecular complexity index is 424. The average Bonchev–Trinajstić information content (AvgIpc) is 2.81. The van der Waals surface area contributed by atoms with Crippen molar-refractivity contribution in [2.45, 2.75) is 25.0 Å². The maximum absolute atomic E-state index is 12.2. The number of benzene rings is 1. The second-order valence-electron chi connectivity index (χ2n) is 5.21. The summed E-state index contributed by atoms with van der Waals surface area (Å²) in [7, 11) is 1.62. The van der Waals surface area contributed by atoms with E-state index < -0.39 is 0 Å². The number of amides is 1. The largest absolute Gasteiger partial charge is 0.383 e. The molecule has 0 aliphatic carbocycles. The molecule has 0 radical (unpaired) electrons. The molecule has 1 aliphatic heterocycles. The van der Waals surface area contributed by atoms with Crippen LogP contribution in [0.25, 0.3) is 0 Å². The zero-order valence-corrected chi connectivity index (χ0v) is 11.9. The van der Waals surface area contributed by atoms with Crippen molar-refractivity contribution in [2.24, 2.45) is 5.73 Å². The van der Waals surface area contributed by atoms with Crippen molar-refractivity contribution in [1.82, 2.24) is 10.2 Å². The summed E-state index contributed by atoms with van der Waals surface area (Å²) in [6, 6.07) is 10.1. The van der Waals surface area contributed by atoms with E-state index in [1.165, 1.54) is 5.56 Å². The fourth-order valence-corrected chi connectivity index (χ4v) is 2.60. The molecule has 5 nitrogen and oxygen atoms in total. The summed E-state index contributed by atoms with van der Waals surface area (Å²) < 4.78 is 4.95. The molecule has 110 valence electrons. The third-order valence-corrected chi connectivity index (χ3v) is 3.57. The van der Waals surface area contributed by atoms with E-state index in [1.807, 2.05) is 18.2 Å². The molecule has 1 aromatic carbocycles. The highest BCUT2D eigenvalue weighted by atomic mass is 16.5. The Kier molecular flexibility index (Phi) is 5.52. The Morgan fingerprint density at radius 1 is 1.45 bits per heavy atom. The van der Waals surface area contributed by atoms with Gasteiger partial charge in [0, 0.05) is 32.8 Å². The van der Waals surface area contributed by atoms with Crippen LogP contribution in [0.1, 0.15) is 12.0 Å². The third kappa shape index (κ3) is 4.03. The van der Waals surface area contributed by atoms with Crippen molar-refractivity contribution in [1.29, 1.82) is 0 Å². The Morgan fingerprint density at radius 2 is 2.20 bits per heavy atom. The summed E-state index contributed by atoms with van der Waals surface area (Å²) >= 11 is 0. The van der Waals surface area contributed by atoms with Crippen LogP contribution >= 0.6 is 0 Å². The predicted octanol–water partition coefficient (Wildman–Crippen LogP) is 0.351. The minimum atomic E-state index is -0.137. The summed E-state index contributed by atoms with van der Waals surface area (Å²) in [5, 5.41) is 2.90. The normalized spacial score (nSPS) is 22.9. The summed E-state index contributed by atoms with van der Waals surface area (Å²) in [5.41, 5.74) is 7.22. The molecular formula is C15H23N3O2. The van der Waals surface area contributed by atoms with Crippen LogP contribution in [-0.4, -0.2) is 49.7 Å². The predicted molar refractivity (Wildman–Crippen MR) is 78.1 cm³/mol. The molecular weight excluding hydrogens is 254 g/mol. The van der Waals surface area contributed by atoms with E-state index in [9.17, 15) is 4.79 Å². The standard InChI is InChI=1S/C15H23N3O2/c1-20-8-7-17-15(19)14-9-13(16)11-18(14)10-12-5-3-2-4-6-12/h2-6,13-14H,7-11,16H2,1H3,(H,17,19)/t13-,14-/m0/s1. The first-order chi connectivity index (χ1) is 9.70. The van der Waals surface area contributed by atoms with Gasteiger partial charge in [0.15, 0.2) is 0 Å². The van der Waals surface area contributed by atoms with E-state index in [2.05, 4.69) is 22.3 Å². The molecule has 3 N–H and O–H groups in total. The van der Waals surface area contributed by atoms with E-state index in [0.29, 0.717) is 19.6 Å². The summed E-state index contributed by atoms with van der Waals surface area (Å²) in [5.74, 6) is 0.0472. The molecule has 1 fully saturated rings. The van der Waals surface area contributed by atoms with E-state index in [4.69, 9.17) is 10.5 Å². The number of nitrogens with two attached hydrogens (primary N) is 1. The first kappa shape index (κ1) is 15.0. The van der Waals surface area contributed by atoms with Gasteiger partial charge in [-0.1, -0.05) is 30.3 Å². The van der Waals surface area contributed by atoms with Crippen LogP contribution in [0, 0.1) is 0 Å². The first-order valence-corrected chi connectivity index (χ1v) is 7.01. The van der Waals surface area contributed by atoms with E-state index >= 15 is 0 Å². The van der Waals surface area contributed by atoms with Crippen LogP contribution in [-0.2, 0) is 16.1 Å². The third-order valence-electron chi connectivity index (χ3n) is 3.57. The van der Waals surface area contributed by atoms with Crippen molar-refractivity contribution in [2.75, 3.05) is 26.8 Å². The fraction of sp³-hybridized carbons (Fsp3) is 0.533. The SMILES string of the molecule is COCCNC(=O)[C@@H]1C[C@H](N)CN1Cc1ccccc1. The van der Waals surface area contributed by atoms with E-state index in [1.54, 1.807) is 7.11 Å². The Morgan fingerprint density at radius 3 is 2.90 bits per heavy atom. The molecule has 1 amide bonds. The monoisotopic (exact) mass is 277 g/mol. The van der Waals surface area contributed by atoms with Crippen LogP contribution in [0.3, 0.4) is 0 Å². The number of hydrogen-bond donors (Lipinski definition) is 2. The molecule has 0 aromatic heterocycles. The summed E-state index contributed by atoms with van der Waals surface area (Å²) in [4.78, 5) is 14.4. The minimum Gasteiger partial charge on any atom is -0.383 e. The lowest BCUT2D eigenvalue weighted by molar-refractivity contribution is -0.125. The Hall–Kier alpha value is -1.43. The van der Waals surface area contributed by atoms with Crippen LogP contribution in [0.15, 0.2) is 30.3 Å². The molecule has 0 spiro atoms. The van der Waals surface area contributed by atoms with Gasteiger partial charge in [0.05, 0.1) is 12.6 Å². The highest BCUT2D eigenvalue weighted by Crippen LogP contribution is 2.19. The van der Waals surface area contributed by atoms with Gasteiger partial charge in [-0.2, -0.15) is 0 Å². The van der Waals surface area contributed by atoms with Gasteiger partial charge in [0.2, 0.25) is 5.91 Å². The topological polar surface area (TPSA) is 67.6 Å². The van der Waals surface area contributed by atoms with Gasteiger partial charge in [0.1, 0.15) is 0 Å². The number of carbonyl (C=O) groups is 1. The second-order valence-corrected chi connectivity index (χ2v) is 5.21. The quantitative estimate of drug-likeness (QED) is 0.736. The molecule has 1 saturated heterocycles. The lowest BCUT2D eigenvalue weighted by atomic mass is 10.1. The number of likely N-dealkylation sites (tertiary alicyclic amines) is 1. The van der Waals surface area contributed by atoms with Gasteiger partial charge in [-0.05, 0) is 12.0 Å². The highest BCUT2D eigenvalue weighted by Gasteiger charge is 2.34. The fourth-order valence-electron chi connectivity index (χ4n) is 2.60. The molecule has 2 atom stereocenters. The van der Waals surface area contributed by atoms with Gasteiger partial charge < -0.3 is 15.8 Å². The summed E-state index contributed by atoms with van der Waals surface area (Å²) in [6.45, 7) is 2.59. The molecule has 5 heteroatoms. The smallest absolute Gasteiger partial charge is 0.237 e. The Labute approximate surface area is 120 Å². The number of ether oxygens (including phenoxy) is 1. The zero-order valence-electron chi connectivity index (χ0n) is 11.9. The molecule has 1 heterocycles. The van der Waals surface area contributed by atoms with E-state index in [0.717, 1.165) is 13.1 Å². The van der Waals surface area contributed by atoms with Crippen molar-refractivity contribution in [3.63, 3.8) is 0 Å². The number of carbonyl (C=O) groups excluding carboxylic acids is 1. The molecule has 0 unspecified atom stereocenters. The second kappa shape index (κ2) is 7.38. The first-order valence-electron chi connectivity index (χ1n) is 7.01. The van der Waals surface area contributed by atoms with Crippen LogP contribution in [0.5, 0.6) is 0 Å². The van der Waals surface area contributed by atoms with Gasteiger partial charge in [-0.25, -0.2) is 0 Å². The van der Waals surface area contributed by atoms with Crippen molar-refractivity contribution < 1.29 is 9.53 Å². The number of nitrogens with zero attached hydrogens (tertiary/aromatic N) is 1. The number of rotatable bonds is 6. The van der Waals surface area contributed by atoms with Crippen LogP contribution in [0.2, 0.25) is 0 Å². The van der Waals surface area contributed by atoms with Gasteiger partial charge >= 0.3 is 0 Å². The van der Waals surface area contributed by atoms with Crippen molar-refractivity contribution >= 4 is 5.91 Å². The maximum atomic E-state index is 12.2. The molecule has 0 saturated carbocycles. The number of methoxy groups -OCH3 is 1. The van der Waals surface area contributed by atoms with Gasteiger partial charge in [0.25, 0.3) is 0 Å². The van der Waals surface area contributed by atoms with E-state index in [-0.39, 0.29) is 18.0 Å². The number of hydrogen-bond acceptors (Lipinski definition) is 4. The zero-order chi connectivity index (χ0) is 14.4. The average molecular weight is 277 g/mol. The molecule has 20 heavy (non-hydrogen) atoms. The van der Waals surface area contributed by atoms with Crippen molar-refractivity contribution in [3.8, 4) is 0 Å². The van der Waals surface area contributed by atoms with Crippen LogP contribution < -0.4 is 11.1 Å².